The van der Waals surface area contributed by atoms with E-state index in [-0.39, 0.29) is 11.4 Å². The Bertz CT molecular complexity index is 478. The summed E-state index contributed by atoms with van der Waals surface area (Å²) in [4.78, 5) is 12.0. The van der Waals surface area contributed by atoms with Crippen LogP contribution in [0.3, 0.4) is 0 Å². The molecule has 0 amide bonds. The fourth-order valence-corrected chi connectivity index (χ4v) is 2.66. The lowest BCUT2D eigenvalue weighted by atomic mass is 9.74. The second-order valence-electron chi connectivity index (χ2n) is 4.50. The molecule has 16 heavy (non-hydrogen) atoms. The number of fused-ring (bicyclic) bond motifs is 1. The molecule has 4 heteroatoms. The first-order valence-electron chi connectivity index (χ1n) is 5.31. The number of carbonyl (C=O) groups is 1. The van der Waals surface area contributed by atoms with Crippen molar-refractivity contribution < 1.29 is 9.53 Å². The Kier molecular flexibility index (Phi) is 2.20. The standard InChI is InChI=1S/C12H10Cl2O2/c13-8-4-7-10(15)6-12(2-1-3-12)16-11(7)5-9(8)14/h4-5H,1-3,6H2. The molecule has 84 valence electrons. The van der Waals surface area contributed by atoms with E-state index < -0.39 is 0 Å². The van der Waals surface area contributed by atoms with Crippen molar-refractivity contribution in [2.45, 2.75) is 31.3 Å². The van der Waals surface area contributed by atoms with Crippen LogP contribution in [-0.4, -0.2) is 11.4 Å². The lowest BCUT2D eigenvalue weighted by Crippen LogP contribution is -2.47. The molecule has 0 bridgehead atoms. The summed E-state index contributed by atoms with van der Waals surface area (Å²) >= 11 is 11.8. The van der Waals surface area contributed by atoms with Crippen molar-refractivity contribution in [3.63, 3.8) is 0 Å². The second kappa shape index (κ2) is 3.38. The number of ketones is 1. The Morgan fingerprint density at radius 2 is 1.88 bits per heavy atom. The van der Waals surface area contributed by atoms with E-state index in [4.69, 9.17) is 27.9 Å². The number of benzene rings is 1. The van der Waals surface area contributed by atoms with E-state index in [0.717, 1.165) is 19.3 Å². The van der Waals surface area contributed by atoms with E-state index in [1.54, 1.807) is 12.1 Å². The van der Waals surface area contributed by atoms with E-state index in [2.05, 4.69) is 0 Å². The molecule has 0 radical (unpaired) electrons. The summed E-state index contributed by atoms with van der Waals surface area (Å²) < 4.78 is 5.90. The number of Topliss-reactive ketones (excluding diaryl/α,β-unsaturated/α-hetero) is 1. The molecule has 1 spiro atoms. The predicted octanol–water partition coefficient (Wildman–Crippen LogP) is 3.88. The van der Waals surface area contributed by atoms with Crippen molar-refractivity contribution in [1.29, 1.82) is 0 Å². The van der Waals surface area contributed by atoms with E-state index in [9.17, 15) is 4.79 Å². The van der Waals surface area contributed by atoms with Crippen LogP contribution in [0.4, 0.5) is 0 Å². The summed E-state index contributed by atoms with van der Waals surface area (Å²) in [5, 5.41) is 0.839. The normalized spacial score (nSPS) is 21.2. The van der Waals surface area contributed by atoms with Gasteiger partial charge in [-0.15, -0.1) is 0 Å². The summed E-state index contributed by atoms with van der Waals surface area (Å²) in [6.07, 6.45) is 3.51. The van der Waals surface area contributed by atoms with Gasteiger partial charge >= 0.3 is 0 Å². The van der Waals surface area contributed by atoms with Crippen LogP contribution in [0.5, 0.6) is 5.75 Å². The summed E-state index contributed by atoms with van der Waals surface area (Å²) in [6, 6.07) is 3.25. The number of halogens is 2. The van der Waals surface area contributed by atoms with Crippen molar-refractivity contribution in [3.8, 4) is 5.75 Å². The third-order valence-electron chi connectivity index (χ3n) is 3.40. The zero-order chi connectivity index (χ0) is 11.3. The molecule has 1 aliphatic heterocycles. The molecule has 3 rings (SSSR count). The van der Waals surface area contributed by atoms with Crippen molar-refractivity contribution >= 4 is 29.0 Å². The lowest BCUT2D eigenvalue weighted by molar-refractivity contribution is -0.0177. The van der Waals surface area contributed by atoms with Crippen molar-refractivity contribution in [2.75, 3.05) is 0 Å². The first-order chi connectivity index (χ1) is 7.60. The van der Waals surface area contributed by atoms with Gasteiger partial charge in [0, 0.05) is 6.07 Å². The van der Waals surface area contributed by atoms with Gasteiger partial charge in [-0.05, 0) is 25.3 Å². The van der Waals surface area contributed by atoms with Crippen LogP contribution in [0.1, 0.15) is 36.0 Å². The molecular formula is C12H10Cl2O2. The fourth-order valence-electron chi connectivity index (χ4n) is 2.34. The summed E-state index contributed by atoms with van der Waals surface area (Å²) in [7, 11) is 0. The van der Waals surface area contributed by atoms with E-state index in [1.807, 2.05) is 0 Å². The molecule has 0 atom stereocenters. The monoisotopic (exact) mass is 256 g/mol. The highest BCUT2D eigenvalue weighted by Gasteiger charge is 2.45. The number of hydrogen-bond acceptors (Lipinski definition) is 2. The van der Waals surface area contributed by atoms with E-state index >= 15 is 0 Å². The van der Waals surface area contributed by atoms with Crippen LogP contribution in [0.2, 0.25) is 10.0 Å². The maximum Gasteiger partial charge on any atom is 0.170 e. The Morgan fingerprint density at radius 3 is 2.50 bits per heavy atom. The zero-order valence-electron chi connectivity index (χ0n) is 8.56. The molecule has 1 heterocycles. The maximum atomic E-state index is 12.0. The highest BCUT2D eigenvalue weighted by atomic mass is 35.5. The Morgan fingerprint density at radius 1 is 1.19 bits per heavy atom. The van der Waals surface area contributed by atoms with E-state index in [0.29, 0.717) is 27.8 Å². The highest BCUT2D eigenvalue weighted by Crippen LogP contribution is 2.46. The van der Waals surface area contributed by atoms with Crippen molar-refractivity contribution in [1.82, 2.24) is 0 Å². The van der Waals surface area contributed by atoms with Gasteiger partial charge in [0.25, 0.3) is 0 Å². The van der Waals surface area contributed by atoms with Gasteiger partial charge in [-0.2, -0.15) is 0 Å². The Balaban J connectivity index is 2.08. The van der Waals surface area contributed by atoms with Gasteiger partial charge in [0.15, 0.2) is 5.78 Å². The van der Waals surface area contributed by atoms with Gasteiger partial charge in [-0.25, -0.2) is 0 Å². The molecule has 1 saturated carbocycles. The number of hydrogen-bond donors (Lipinski definition) is 0. The molecule has 2 nitrogen and oxygen atoms in total. The summed E-state index contributed by atoms with van der Waals surface area (Å²) in [5.74, 6) is 0.699. The summed E-state index contributed by atoms with van der Waals surface area (Å²) in [5.41, 5.74) is 0.313. The number of ether oxygens (including phenoxy) is 1. The second-order valence-corrected chi connectivity index (χ2v) is 5.32. The van der Waals surface area contributed by atoms with Gasteiger partial charge in [0.2, 0.25) is 0 Å². The van der Waals surface area contributed by atoms with Gasteiger partial charge in [0.05, 0.1) is 22.0 Å². The Hall–Kier alpha value is -0.730. The fraction of sp³-hybridized carbons (Fsp3) is 0.417. The molecule has 1 aromatic carbocycles. The zero-order valence-corrected chi connectivity index (χ0v) is 10.1. The van der Waals surface area contributed by atoms with Crippen LogP contribution in [0.15, 0.2) is 12.1 Å². The van der Waals surface area contributed by atoms with Crippen LogP contribution in [-0.2, 0) is 0 Å². The molecule has 0 N–H and O–H groups in total. The number of rotatable bonds is 0. The third kappa shape index (κ3) is 1.44. The molecule has 1 aromatic rings. The highest BCUT2D eigenvalue weighted by molar-refractivity contribution is 6.42. The van der Waals surface area contributed by atoms with Crippen LogP contribution >= 0.6 is 23.2 Å². The molecule has 0 unspecified atom stereocenters. The van der Waals surface area contributed by atoms with Gasteiger partial charge in [0.1, 0.15) is 11.4 Å². The average molecular weight is 257 g/mol. The maximum absolute atomic E-state index is 12.0. The topological polar surface area (TPSA) is 26.3 Å². The lowest BCUT2D eigenvalue weighted by Gasteiger charge is -2.44. The minimum absolute atomic E-state index is 0.111. The number of carbonyl (C=O) groups excluding carboxylic acids is 1. The minimum Gasteiger partial charge on any atom is -0.486 e. The molecule has 0 saturated heterocycles. The molecule has 2 aliphatic rings. The van der Waals surface area contributed by atoms with Crippen molar-refractivity contribution in [3.05, 3.63) is 27.7 Å². The smallest absolute Gasteiger partial charge is 0.170 e. The SMILES string of the molecule is O=C1CC2(CCC2)Oc2cc(Cl)c(Cl)cc21. The largest absolute Gasteiger partial charge is 0.486 e. The van der Waals surface area contributed by atoms with Gasteiger partial charge in [-0.3, -0.25) is 4.79 Å². The summed E-state index contributed by atoms with van der Waals surface area (Å²) in [6.45, 7) is 0. The van der Waals surface area contributed by atoms with Crippen LogP contribution in [0.25, 0.3) is 0 Å². The molecule has 1 fully saturated rings. The molecule has 1 aliphatic carbocycles. The van der Waals surface area contributed by atoms with E-state index in [1.165, 1.54) is 0 Å². The first-order valence-corrected chi connectivity index (χ1v) is 6.07. The van der Waals surface area contributed by atoms with Crippen molar-refractivity contribution in [2.24, 2.45) is 0 Å². The quantitative estimate of drug-likeness (QED) is 0.704. The van der Waals surface area contributed by atoms with Crippen LogP contribution in [0, 0.1) is 0 Å². The molecule has 0 aromatic heterocycles. The van der Waals surface area contributed by atoms with Gasteiger partial charge < -0.3 is 4.74 Å². The minimum atomic E-state index is -0.249. The molecular weight excluding hydrogens is 247 g/mol. The predicted molar refractivity (Wildman–Crippen MR) is 62.6 cm³/mol. The third-order valence-corrected chi connectivity index (χ3v) is 4.12. The van der Waals surface area contributed by atoms with Gasteiger partial charge in [-0.1, -0.05) is 23.2 Å². The van der Waals surface area contributed by atoms with Crippen LogP contribution < -0.4 is 4.74 Å². The first kappa shape index (κ1) is 10.4. The Labute approximate surface area is 103 Å². The average Bonchev–Trinajstić information content (AvgIpc) is 2.18.